The molecule has 0 radical (unpaired) electrons. The number of rotatable bonds is 2. The number of nitrogen functional groups attached to an aromatic ring is 1. The Kier molecular flexibility index (Phi) is 2.60. The van der Waals surface area contributed by atoms with E-state index >= 15 is 0 Å². The highest BCUT2D eigenvalue weighted by Gasteiger charge is 2.13. The van der Waals surface area contributed by atoms with Gasteiger partial charge in [0.15, 0.2) is 0 Å². The highest BCUT2D eigenvalue weighted by molar-refractivity contribution is 5.97. The van der Waals surface area contributed by atoms with Gasteiger partial charge in [-0.1, -0.05) is 0 Å². The predicted molar refractivity (Wildman–Crippen MR) is 60.2 cm³/mol. The van der Waals surface area contributed by atoms with Crippen LogP contribution in [0.2, 0.25) is 0 Å². The number of hydrogen-bond donors (Lipinski definition) is 2. The number of aromatic nitrogens is 1. The molecule has 0 aliphatic heterocycles. The molecule has 5 heteroatoms. The molecule has 1 heterocycles. The number of fused-ring (bicyclic) bond motifs is 1. The third kappa shape index (κ3) is 1.54. The van der Waals surface area contributed by atoms with Gasteiger partial charge in [0, 0.05) is 6.54 Å². The Hall–Kier alpha value is -1.91. The molecule has 16 heavy (non-hydrogen) atoms. The summed E-state index contributed by atoms with van der Waals surface area (Å²) in [5.41, 5.74) is 6.37. The van der Waals surface area contributed by atoms with Crippen LogP contribution in [0.3, 0.4) is 0 Å². The summed E-state index contributed by atoms with van der Waals surface area (Å²) in [6.07, 6.45) is 1.32. The predicted octanol–water partition coefficient (Wildman–Crippen LogP) is 2.53. The number of nitrogens with zero attached hydrogens (tertiary/aromatic N) is 1. The minimum absolute atomic E-state index is 0.00912. The largest absolute Gasteiger partial charge is 0.396 e. The van der Waals surface area contributed by atoms with Crippen molar-refractivity contribution in [1.29, 1.82) is 0 Å². The molecule has 2 aromatic rings. The fourth-order valence-corrected chi connectivity index (χ4v) is 1.62. The summed E-state index contributed by atoms with van der Waals surface area (Å²) in [6.45, 7) is 2.42. The van der Waals surface area contributed by atoms with Crippen molar-refractivity contribution in [2.45, 2.75) is 6.92 Å². The first-order chi connectivity index (χ1) is 7.65. The Morgan fingerprint density at radius 3 is 2.69 bits per heavy atom. The summed E-state index contributed by atoms with van der Waals surface area (Å²) in [4.78, 5) is 3.80. The van der Waals surface area contributed by atoms with Gasteiger partial charge in [-0.25, -0.2) is 8.78 Å². The lowest BCUT2D eigenvalue weighted by atomic mass is 10.1. The Labute approximate surface area is 91.3 Å². The maximum absolute atomic E-state index is 13.6. The Morgan fingerprint density at radius 2 is 2.00 bits per heavy atom. The molecule has 0 aliphatic carbocycles. The lowest BCUT2D eigenvalue weighted by molar-refractivity contribution is 0.615. The summed E-state index contributed by atoms with van der Waals surface area (Å²) >= 11 is 0. The Morgan fingerprint density at radius 1 is 1.31 bits per heavy atom. The minimum Gasteiger partial charge on any atom is -0.396 e. The molecule has 0 spiro atoms. The second-order valence-electron chi connectivity index (χ2n) is 3.37. The lowest BCUT2D eigenvalue weighted by Gasteiger charge is -2.11. The summed E-state index contributed by atoms with van der Waals surface area (Å²) < 4.78 is 27.0. The lowest BCUT2D eigenvalue weighted by Crippen LogP contribution is -2.04. The van der Waals surface area contributed by atoms with E-state index in [1.54, 1.807) is 0 Å². The monoisotopic (exact) mass is 223 g/mol. The van der Waals surface area contributed by atoms with Crippen molar-refractivity contribution < 1.29 is 8.78 Å². The Bertz CT molecular complexity index is 540. The number of anilines is 2. The molecule has 1 aromatic heterocycles. The number of nitrogens with two attached hydrogens (primary N) is 1. The van der Waals surface area contributed by atoms with E-state index < -0.39 is 11.6 Å². The first kappa shape index (κ1) is 10.6. The summed E-state index contributed by atoms with van der Waals surface area (Å²) in [5, 5.41) is 3.01. The smallest absolute Gasteiger partial charge is 0.149 e. The van der Waals surface area contributed by atoms with Crippen LogP contribution in [0.5, 0.6) is 0 Å². The summed E-state index contributed by atoms with van der Waals surface area (Å²) in [7, 11) is 0. The van der Waals surface area contributed by atoms with E-state index in [0.717, 1.165) is 12.1 Å². The molecule has 0 amide bonds. The molecule has 0 saturated carbocycles. The SMILES string of the molecule is CCNc1c(N)cnc2c(F)ccc(F)c12. The maximum Gasteiger partial charge on any atom is 0.149 e. The van der Waals surface area contributed by atoms with E-state index in [1.807, 2.05) is 6.92 Å². The van der Waals surface area contributed by atoms with Gasteiger partial charge in [0.05, 0.1) is 23.0 Å². The van der Waals surface area contributed by atoms with Gasteiger partial charge in [-0.2, -0.15) is 0 Å². The molecule has 0 bridgehead atoms. The number of benzene rings is 1. The molecule has 0 fully saturated rings. The average Bonchev–Trinajstić information content (AvgIpc) is 2.27. The highest BCUT2D eigenvalue weighted by atomic mass is 19.1. The average molecular weight is 223 g/mol. The fraction of sp³-hybridized carbons (Fsp3) is 0.182. The number of hydrogen-bond acceptors (Lipinski definition) is 3. The van der Waals surface area contributed by atoms with E-state index in [9.17, 15) is 8.78 Å². The third-order valence-electron chi connectivity index (χ3n) is 2.30. The topological polar surface area (TPSA) is 50.9 Å². The first-order valence-corrected chi connectivity index (χ1v) is 4.91. The van der Waals surface area contributed by atoms with Crippen LogP contribution in [-0.4, -0.2) is 11.5 Å². The van der Waals surface area contributed by atoms with Crippen molar-refractivity contribution >= 4 is 22.3 Å². The summed E-state index contributed by atoms with van der Waals surface area (Å²) in [6, 6.07) is 2.12. The van der Waals surface area contributed by atoms with Crippen LogP contribution in [-0.2, 0) is 0 Å². The van der Waals surface area contributed by atoms with E-state index in [0.29, 0.717) is 17.9 Å². The first-order valence-electron chi connectivity index (χ1n) is 4.91. The standard InChI is InChI=1S/C11H11F2N3/c1-2-15-11-8(14)5-16-10-7(13)4-3-6(12)9(10)11/h3-5H,2,14H2,1H3,(H,15,16). The van der Waals surface area contributed by atoms with Crippen LogP contribution in [0.25, 0.3) is 10.9 Å². The molecular formula is C11H11F2N3. The molecule has 0 aliphatic rings. The molecule has 0 atom stereocenters. The molecule has 2 rings (SSSR count). The van der Waals surface area contributed by atoms with E-state index in [2.05, 4.69) is 10.3 Å². The van der Waals surface area contributed by atoms with Crippen molar-refractivity contribution in [3.05, 3.63) is 30.0 Å². The van der Waals surface area contributed by atoms with Gasteiger partial charge in [-0.05, 0) is 19.1 Å². The quantitative estimate of drug-likeness (QED) is 0.822. The molecule has 0 saturated heterocycles. The van der Waals surface area contributed by atoms with Gasteiger partial charge < -0.3 is 11.1 Å². The van der Waals surface area contributed by atoms with Gasteiger partial charge in [0.2, 0.25) is 0 Å². The highest BCUT2D eigenvalue weighted by Crippen LogP contribution is 2.31. The third-order valence-corrected chi connectivity index (χ3v) is 2.30. The molecule has 3 nitrogen and oxygen atoms in total. The Balaban J connectivity index is 2.85. The van der Waals surface area contributed by atoms with Crippen molar-refractivity contribution in [2.75, 3.05) is 17.6 Å². The second kappa shape index (κ2) is 3.92. The van der Waals surface area contributed by atoms with Crippen molar-refractivity contribution in [3.63, 3.8) is 0 Å². The molecule has 0 unspecified atom stereocenters. The van der Waals surface area contributed by atoms with E-state index in [1.165, 1.54) is 6.20 Å². The molecule has 84 valence electrons. The van der Waals surface area contributed by atoms with Crippen molar-refractivity contribution in [3.8, 4) is 0 Å². The van der Waals surface area contributed by atoms with Crippen molar-refractivity contribution in [2.24, 2.45) is 0 Å². The zero-order chi connectivity index (χ0) is 11.7. The van der Waals surface area contributed by atoms with Gasteiger partial charge >= 0.3 is 0 Å². The summed E-state index contributed by atoms with van der Waals surface area (Å²) in [5.74, 6) is -1.09. The van der Waals surface area contributed by atoms with Crippen LogP contribution < -0.4 is 11.1 Å². The molecule has 3 N–H and O–H groups in total. The number of pyridine rings is 1. The maximum atomic E-state index is 13.6. The van der Waals surface area contributed by atoms with Crippen LogP contribution in [0.15, 0.2) is 18.3 Å². The van der Waals surface area contributed by atoms with Crippen LogP contribution >= 0.6 is 0 Å². The molecule has 1 aromatic carbocycles. The van der Waals surface area contributed by atoms with Crippen molar-refractivity contribution in [1.82, 2.24) is 4.98 Å². The van der Waals surface area contributed by atoms with E-state index in [-0.39, 0.29) is 10.9 Å². The van der Waals surface area contributed by atoms with Crippen LogP contribution in [0, 0.1) is 11.6 Å². The number of nitrogens with one attached hydrogen (secondary N) is 1. The number of halogens is 2. The van der Waals surface area contributed by atoms with Gasteiger partial charge in [-0.3, -0.25) is 4.98 Å². The van der Waals surface area contributed by atoms with E-state index in [4.69, 9.17) is 5.73 Å². The zero-order valence-electron chi connectivity index (χ0n) is 8.72. The normalized spacial score (nSPS) is 10.7. The van der Waals surface area contributed by atoms with Crippen LogP contribution in [0.1, 0.15) is 6.92 Å². The fourth-order valence-electron chi connectivity index (χ4n) is 1.62. The van der Waals surface area contributed by atoms with Gasteiger partial charge in [0.25, 0.3) is 0 Å². The van der Waals surface area contributed by atoms with Gasteiger partial charge in [0.1, 0.15) is 17.2 Å². The molecular weight excluding hydrogens is 212 g/mol. The van der Waals surface area contributed by atoms with Crippen LogP contribution in [0.4, 0.5) is 20.2 Å². The second-order valence-corrected chi connectivity index (χ2v) is 3.37. The van der Waals surface area contributed by atoms with Gasteiger partial charge in [-0.15, -0.1) is 0 Å². The minimum atomic E-state index is -0.560. The zero-order valence-corrected chi connectivity index (χ0v) is 8.72.